The third kappa shape index (κ3) is 5.46. The van der Waals surface area contributed by atoms with Gasteiger partial charge in [0.25, 0.3) is 5.56 Å². The lowest BCUT2D eigenvalue weighted by molar-refractivity contribution is 0.133. The van der Waals surface area contributed by atoms with E-state index in [2.05, 4.69) is 15.6 Å². The molecule has 0 saturated heterocycles. The molecule has 0 fully saturated rings. The van der Waals surface area contributed by atoms with Crippen LogP contribution in [0.25, 0.3) is 0 Å². The lowest BCUT2D eigenvalue weighted by atomic mass is 10.1. The number of benzene rings is 1. The average molecular weight is 343 g/mol. The molecular formula is C19H25N3O3. The number of carbonyl (C=O) groups excluding carboxylic acids is 1. The standard InChI is InChI=1S/C19H25N3O3/c1-4-25-12-16-8-6-5-7-15(16)10-20-19(24)21-11-17-13(2)9-14(3)22-18(17)23/h5-9H,4,10-12H2,1-3H3,(H,22,23)(H2,20,21,24). The Morgan fingerprint density at radius 3 is 2.48 bits per heavy atom. The third-order valence-electron chi connectivity index (χ3n) is 3.94. The maximum Gasteiger partial charge on any atom is 0.315 e. The number of hydrogen-bond donors (Lipinski definition) is 3. The van der Waals surface area contributed by atoms with E-state index < -0.39 is 0 Å². The van der Waals surface area contributed by atoms with Gasteiger partial charge in [-0.1, -0.05) is 24.3 Å². The van der Waals surface area contributed by atoms with E-state index in [1.54, 1.807) is 0 Å². The van der Waals surface area contributed by atoms with E-state index >= 15 is 0 Å². The maximum absolute atomic E-state index is 12.0. The van der Waals surface area contributed by atoms with Crippen LogP contribution in [0.2, 0.25) is 0 Å². The molecule has 0 aliphatic heterocycles. The molecule has 0 aliphatic carbocycles. The number of carbonyl (C=O) groups is 1. The van der Waals surface area contributed by atoms with Gasteiger partial charge in [0.1, 0.15) is 0 Å². The molecule has 1 aromatic heterocycles. The minimum Gasteiger partial charge on any atom is -0.377 e. The molecule has 0 aliphatic rings. The van der Waals surface area contributed by atoms with E-state index in [4.69, 9.17) is 4.74 Å². The van der Waals surface area contributed by atoms with Crippen LogP contribution >= 0.6 is 0 Å². The number of urea groups is 1. The highest BCUT2D eigenvalue weighted by Gasteiger charge is 2.08. The Morgan fingerprint density at radius 2 is 1.80 bits per heavy atom. The summed E-state index contributed by atoms with van der Waals surface area (Å²) in [7, 11) is 0. The Kier molecular flexibility index (Phi) is 6.77. The topological polar surface area (TPSA) is 83.2 Å². The molecule has 0 spiro atoms. The number of H-pyrrole nitrogens is 1. The van der Waals surface area contributed by atoms with Gasteiger partial charge in [0.05, 0.1) is 13.2 Å². The quantitative estimate of drug-likeness (QED) is 0.722. The Hall–Kier alpha value is -2.60. The molecule has 0 radical (unpaired) electrons. The minimum atomic E-state index is -0.314. The van der Waals surface area contributed by atoms with E-state index in [9.17, 15) is 9.59 Å². The van der Waals surface area contributed by atoms with Gasteiger partial charge >= 0.3 is 6.03 Å². The van der Waals surface area contributed by atoms with Crippen molar-refractivity contribution in [1.82, 2.24) is 15.6 Å². The van der Waals surface area contributed by atoms with Crippen LogP contribution in [0.15, 0.2) is 35.1 Å². The summed E-state index contributed by atoms with van der Waals surface area (Å²) in [6, 6.07) is 9.40. The summed E-state index contributed by atoms with van der Waals surface area (Å²) in [5.41, 5.74) is 4.13. The second-order valence-electron chi connectivity index (χ2n) is 5.89. The maximum atomic E-state index is 12.0. The van der Waals surface area contributed by atoms with Gasteiger partial charge in [-0.2, -0.15) is 0 Å². The Bertz CT molecular complexity index is 784. The van der Waals surface area contributed by atoms with Crippen molar-refractivity contribution in [3.05, 3.63) is 68.6 Å². The van der Waals surface area contributed by atoms with Crippen LogP contribution in [-0.2, 0) is 24.4 Å². The van der Waals surface area contributed by atoms with Crippen LogP contribution in [0.3, 0.4) is 0 Å². The van der Waals surface area contributed by atoms with Crippen molar-refractivity contribution in [2.45, 2.75) is 40.5 Å². The van der Waals surface area contributed by atoms with Gasteiger partial charge in [0, 0.05) is 24.4 Å². The number of ether oxygens (including phenoxy) is 1. The fraction of sp³-hybridized carbons (Fsp3) is 0.368. The Labute approximate surface area is 147 Å². The van der Waals surface area contributed by atoms with Gasteiger partial charge in [-0.3, -0.25) is 4.79 Å². The van der Waals surface area contributed by atoms with Crippen molar-refractivity contribution in [2.75, 3.05) is 6.61 Å². The van der Waals surface area contributed by atoms with Crippen LogP contribution in [-0.4, -0.2) is 17.6 Å². The number of hydrogen-bond acceptors (Lipinski definition) is 3. The van der Waals surface area contributed by atoms with E-state index in [1.165, 1.54) is 0 Å². The highest BCUT2D eigenvalue weighted by Crippen LogP contribution is 2.10. The van der Waals surface area contributed by atoms with Gasteiger partial charge in [0.2, 0.25) is 0 Å². The first-order valence-corrected chi connectivity index (χ1v) is 8.37. The molecule has 0 saturated carbocycles. The lowest BCUT2D eigenvalue weighted by Gasteiger charge is -2.12. The number of aromatic amines is 1. The van der Waals surface area contributed by atoms with Crippen molar-refractivity contribution < 1.29 is 9.53 Å². The first kappa shape index (κ1) is 18.7. The van der Waals surface area contributed by atoms with Crippen LogP contribution in [0.5, 0.6) is 0 Å². The Morgan fingerprint density at radius 1 is 1.12 bits per heavy atom. The molecule has 1 heterocycles. The summed E-state index contributed by atoms with van der Waals surface area (Å²) in [4.78, 5) is 26.7. The molecule has 0 atom stereocenters. The first-order chi connectivity index (χ1) is 12.0. The largest absolute Gasteiger partial charge is 0.377 e. The summed E-state index contributed by atoms with van der Waals surface area (Å²) in [6.45, 7) is 7.40. The number of pyridine rings is 1. The van der Waals surface area contributed by atoms with Crippen molar-refractivity contribution in [2.24, 2.45) is 0 Å². The summed E-state index contributed by atoms with van der Waals surface area (Å²) in [5, 5.41) is 5.55. The molecule has 2 rings (SSSR count). The Balaban J connectivity index is 1.91. The van der Waals surface area contributed by atoms with Crippen molar-refractivity contribution in [3.63, 3.8) is 0 Å². The van der Waals surface area contributed by atoms with Crippen molar-refractivity contribution in [1.29, 1.82) is 0 Å². The highest BCUT2D eigenvalue weighted by molar-refractivity contribution is 5.73. The minimum absolute atomic E-state index is 0.167. The number of aromatic nitrogens is 1. The van der Waals surface area contributed by atoms with Gasteiger partial charge in [-0.05, 0) is 43.5 Å². The number of aryl methyl sites for hydroxylation is 2. The summed E-state index contributed by atoms with van der Waals surface area (Å²) in [5.74, 6) is 0. The van der Waals surface area contributed by atoms with Crippen LogP contribution in [0.1, 0.15) is 34.9 Å². The zero-order chi connectivity index (χ0) is 18.2. The predicted molar refractivity (Wildman–Crippen MR) is 97.4 cm³/mol. The fourth-order valence-electron chi connectivity index (χ4n) is 2.59. The smallest absolute Gasteiger partial charge is 0.315 e. The molecule has 3 N–H and O–H groups in total. The van der Waals surface area contributed by atoms with Gasteiger partial charge in [0.15, 0.2) is 0 Å². The van der Waals surface area contributed by atoms with E-state index in [0.29, 0.717) is 25.3 Å². The molecule has 134 valence electrons. The second-order valence-corrected chi connectivity index (χ2v) is 5.89. The monoisotopic (exact) mass is 343 g/mol. The van der Waals surface area contributed by atoms with E-state index in [0.717, 1.165) is 22.4 Å². The molecule has 0 unspecified atom stereocenters. The molecule has 25 heavy (non-hydrogen) atoms. The summed E-state index contributed by atoms with van der Waals surface area (Å²) >= 11 is 0. The number of amides is 2. The van der Waals surface area contributed by atoms with Gasteiger partial charge < -0.3 is 20.4 Å². The molecule has 2 aromatic rings. The third-order valence-corrected chi connectivity index (χ3v) is 3.94. The predicted octanol–water partition coefficient (Wildman–Crippen LogP) is 2.53. The van der Waals surface area contributed by atoms with Crippen molar-refractivity contribution in [3.8, 4) is 0 Å². The van der Waals surface area contributed by atoms with Gasteiger partial charge in [-0.25, -0.2) is 4.79 Å². The summed E-state index contributed by atoms with van der Waals surface area (Å²) in [6.07, 6.45) is 0. The lowest BCUT2D eigenvalue weighted by Crippen LogP contribution is -2.36. The zero-order valence-electron chi connectivity index (χ0n) is 14.9. The van der Waals surface area contributed by atoms with Crippen LogP contribution in [0.4, 0.5) is 4.79 Å². The van der Waals surface area contributed by atoms with E-state index in [-0.39, 0.29) is 18.1 Å². The fourth-order valence-corrected chi connectivity index (χ4v) is 2.59. The van der Waals surface area contributed by atoms with Crippen molar-refractivity contribution >= 4 is 6.03 Å². The van der Waals surface area contributed by atoms with Gasteiger partial charge in [-0.15, -0.1) is 0 Å². The molecule has 2 amide bonds. The number of nitrogens with one attached hydrogen (secondary N) is 3. The molecule has 0 bridgehead atoms. The summed E-state index contributed by atoms with van der Waals surface area (Å²) < 4.78 is 5.44. The normalized spacial score (nSPS) is 10.5. The second kappa shape index (κ2) is 9.03. The molecular weight excluding hydrogens is 318 g/mol. The van der Waals surface area contributed by atoms with E-state index in [1.807, 2.05) is 51.1 Å². The highest BCUT2D eigenvalue weighted by atomic mass is 16.5. The van der Waals surface area contributed by atoms with Crippen LogP contribution in [0, 0.1) is 13.8 Å². The average Bonchev–Trinajstić information content (AvgIpc) is 2.57. The SMILES string of the molecule is CCOCc1ccccc1CNC(=O)NCc1c(C)cc(C)[nH]c1=O. The van der Waals surface area contributed by atoms with Crippen LogP contribution < -0.4 is 16.2 Å². The molecule has 6 nitrogen and oxygen atoms in total. The molecule has 6 heteroatoms. The first-order valence-electron chi connectivity index (χ1n) is 8.37. The molecule has 1 aromatic carbocycles. The number of rotatable bonds is 7. The zero-order valence-corrected chi connectivity index (χ0v) is 14.9.